The van der Waals surface area contributed by atoms with E-state index in [1.807, 2.05) is 0 Å². The molecule has 0 aromatic heterocycles. The van der Waals surface area contributed by atoms with Gasteiger partial charge in [-0.15, -0.1) is 0 Å². The van der Waals surface area contributed by atoms with E-state index in [4.69, 9.17) is 0 Å². The fourth-order valence-electron chi connectivity index (χ4n) is 1.12. The molecule has 1 heteroatoms. The molecule has 1 saturated carbocycles. The highest BCUT2D eigenvalue weighted by Crippen LogP contribution is 2.30. The fourth-order valence-corrected chi connectivity index (χ4v) is 1.12. The van der Waals surface area contributed by atoms with Crippen molar-refractivity contribution in [3.63, 3.8) is 0 Å². The lowest BCUT2D eigenvalue weighted by Crippen LogP contribution is -2.28. The summed E-state index contributed by atoms with van der Waals surface area (Å²) in [7, 11) is 0. The van der Waals surface area contributed by atoms with Crippen molar-refractivity contribution in [2.45, 2.75) is 19.8 Å². The van der Waals surface area contributed by atoms with Gasteiger partial charge in [0.1, 0.15) is 0 Å². The quantitative estimate of drug-likeness (QED) is 0.564. The highest BCUT2D eigenvalue weighted by atomic mass is 14.8. The van der Waals surface area contributed by atoms with Crippen LogP contribution in [0.3, 0.4) is 0 Å². The average molecular weight is 125 g/mol. The van der Waals surface area contributed by atoms with Crippen molar-refractivity contribution in [3.8, 4) is 0 Å². The number of rotatable bonds is 3. The van der Waals surface area contributed by atoms with Crippen LogP contribution in [0.1, 0.15) is 19.8 Å². The van der Waals surface area contributed by atoms with Crippen LogP contribution in [0.4, 0.5) is 0 Å². The minimum absolute atomic E-state index is 0.796. The monoisotopic (exact) mass is 125 g/mol. The fraction of sp³-hybridized carbons (Fsp3) is 0.750. The summed E-state index contributed by atoms with van der Waals surface area (Å²) in [5.41, 5.74) is 1.44. The molecule has 1 atom stereocenters. The van der Waals surface area contributed by atoms with E-state index in [9.17, 15) is 0 Å². The highest BCUT2D eigenvalue weighted by molar-refractivity contribution is 5.10. The lowest BCUT2D eigenvalue weighted by Gasteiger charge is -2.28. The van der Waals surface area contributed by atoms with Gasteiger partial charge in [-0.2, -0.15) is 0 Å². The Labute approximate surface area is 57.1 Å². The molecule has 0 spiro atoms. The molecule has 1 N–H and O–H groups in total. The Bertz CT molecular complexity index is 107. The van der Waals surface area contributed by atoms with Crippen molar-refractivity contribution < 1.29 is 0 Å². The molecule has 0 amide bonds. The first-order valence-corrected chi connectivity index (χ1v) is 3.73. The van der Waals surface area contributed by atoms with E-state index in [2.05, 4.69) is 18.8 Å². The zero-order valence-electron chi connectivity index (χ0n) is 6.11. The van der Waals surface area contributed by atoms with Crippen LogP contribution in [0.25, 0.3) is 0 Å². The van der Waals surface area contributed by atoms with Crippen LogP contribution < -0.4 is 5.32 Å². The summed E-state index contributed by atoms with van der Waals surface area (Å²) in [6.07, 6.45) is 2.61. The summed E-state index contributed by atoms with van der Waals surface area (Å²) in [5, 5.41) is 3.32. The van der Waals surface area contributed by atoms with Crippen molar-refractivity contribution >= 4 is 0 Å². The van der Waals surface area contributed by atoms with Crippen LogP contribution in [-0.2, 0) is 0 Å². The Morgan fingerprint density at radius 2 is 2.56 bits per heavy atom. The zero-order valence-corrected chi connectivity index (χ0v) is 6.11. The van der Waals surface area contributed by atoms with Gasteiger partial charge >= 0.3 is 0 Å². The first kappa shape index (κ1) is 6.81. The molecule has 0 radical (unpaired) electrons. The first-order valence-electron chi connectivity index (χ1n) is 3.73. The predicted molar refractivity (Wildman–Crippen MR) is 40.4 cm³/mol. The van der Waals surface area contributed by atoms with Gasteiger partial charge in [-0.3, -0.25) is 0 Å². The van der Waals surface area contributed by atoms with Crippen LogP contribution in [-0.4, -0.2) is 13.1 Å². The zero-order chi connectivity index (χ0) is 6.69. The molecular weight excluding hydrogens is 110 g/mol. The molecule has 9 heavy (non-hydrogen) atoms. The maximum atomic E-state index is 3.95. The molecule has 0 heterocycles. The lowest BCUT2D eigenvalue weighted by molar-refractivity contribution is 0.420. The van der Waals surface area contributed by atoms with E-state index < -0.39 is 0 Å². The van der Waals surface area contributed by atoms with Crippen LogP contribution in [0, 0.1) is 5.92 Å². The second-order valence-electron chi connectivity index (χ2n) is 2.70. The lowest BCUT2D eigenvalue weighted by atomic mass is 9.80. The summed E-state index contributed by atoms with van der Waals surface area (Å²) in [6, 6.07) is 0. The third-order valence-corrected chi connectivity index (χ3v) is 2.03. The second kappa shape index (κ2) is 3.02. The number of nitrogens with one attached hydrogen (secondary N) is 1. The summed E-state index contributed by atoms with van der Waals surface area (Å²) >= 11 is 0. The third-order valence-electron chi connectivity index (χ3n) is 2.03. The Morgan fingerprint density at radius 3 is 2.89 bits per heavy atom. The third kappa shape index (κ3) is 1.55. The molecule has 0 bridgehead atoms. The van der Waals surface area contributed by atoms with E-state index in [1.54, 1.807) is 0 Å². The number of hydrogen-bond acceptors (Lipinski definition) is 1. The van der Waals surface area contributed by atoms with Crippen molar-refractivity contribution in [3.05, 3.63) is 12.2 Å². The molecule has 1 aliphatic rings. The molecule has 0 aliphatic heterocycles. The van der Waals surface area contributed by atoms with E-state index in [-0.39, 0.29) is 0 Å². The Hall–Kier alpha value is -0.300. The molecule has 1 fully saturated rings. The topological polar surface area (TPSA) is 12.0 Å². The average Bonchev–Trinajstić information content (AvgIpc) is 1.86. The predicted octanol–water partition coefficient (Wildman–Crippen LogP) is 1.56. The molecule has 0 aromatic carbocycles. The molecule has 52 valence electrons. The summed E-state index contributed by atoms with van der Waals surface area (Å²) in [5.74, 6) is 0.796. The van der Waals surface area contributed by atoms with Crippen molar-refractivity contribution in [2.75, 3.05) is 13.1 Å². The summed E-state index contributed by atoms with van der Waals surface area (Å²) < 4.78 is 0. The summed E-state index contributed by atoms with van der Waals surface area (Å²) in [6.45, 7) is 8.33. The SMILES string of the molecule is C=C1CCC1CNCC. The van der Waals surface area contributed by atoms with Crippen LogP contribution in [0.2, 0.25) is 0 Å². The maximum Gasteiger partial charge on any atom is 0.00167 e. The van der Waals surface area contributed by atoms with Crippen molar-refractivity contribution in [1.29, 1.82) is 0 Å². The van der Waals surface area contributed by atoms with Gasteiger partial charge in [0.15, 0.2) is 0 Å². The largest absolute Gasteiger partial charge is 0.316 e. The number of hydrogen-bond donors (Lipinski definition) is 1. The molecule has 0 aromatic rings. The van der Waals surface area contributed by atoms with Crippen molar-refractivity contribution in [2.24, 2.45) is 5.92 Å². The van der Waals surface area contributed by atoms with Gasteiger partial charge in [0, 0.05) is 6.54 Å². The van der Waals surface area contributed by atoms with Gasteiger partial charge in [0.2, 0.25) is 0 Å². The maximum absolute atomic E-state index is 3.95. The van der Waals surface area contributed by atoms with E-state index in [1.165, 1.54) is 18.4 Å². The van der Waals surface area contributed by atoms with Crippen LogP contribution in [0.15, 0.2) is 12.2 Å². The standard InChI is InChI=1S/C8H15N/c1-3-9-6-8-5-4-7(8)2/h8-9H,2-6H2,1H3. The van der Waals surface area contributed by atoms with E-state index in [0.29, 0.717) is 0 Å². The van der Waals surface area contributed by atoms with Gasteiger partial charge < -0.3 is 5.32 Å². The van der Waals surface area contributed by atoms with Crippen molar-refractivity contribution in [1.82, 2.24) is 5.32 Å². The van der Waals surface area contributed by atoms with Gasteiger partial charge in [-0.1, -0.05) is 19.1 Å². The molecule has 1 rings (SSSR count). The molecule has 1 aliphatic carbocycles. The van der Waals surface area contributed by atoms with Gasteiger partial charge in [0.25, 0.3) is 0 Å². The van der Waals surface area contributed by atoms with E-state index in [0.717, 1.165) is 19.0 Å². The molecular formula is C8H15N. The highest BCUT2D eigenvalue weighted by Gasteiger charge is 2.20. The minimum Gasteiger partial charge on any atom is -0.316 e. The second-order valence-corrected chi connectivity index (χ2v) is 2.70. The Kier molecular flexibility index (Phi) is 2.29. The Morgan fingerprint density at radius 1 is 1.78 bits per heavy atom. The molecule has 1 unspecified atom stereocenters. The summed E-state index contributed by atoms with van der Waals surface area (Å²) in [4.78, 5) is 0. The van der Waals surface area contributed by atoms with Gasteiger partial charge in [-0.05, 0) is 25.3 Å². The van der Waals surface area contributed by atoms with E-state index >= 15 is 0 Å². The molecule has 1 nitrogen and oxygen atoms in total. The minimum atomic E-state index is 0.796. The normalized spacial score (nSPS) is 25.9. The molecule has 0 saturated heterocycles. The van der Waals surface area contributed by atoms with Gasteiger partial charge in [0.05, 0.1) is 0 Å². The van der Waals surface area contributed by atoms with Crippen LogP contribution >= 0.6 is 0 Å². The Balaban J connectivity index is 2.06. The first-order chi connectivity index (χ1) is 4.34. The smallest absolute Gasteiger partial charge is 0.00167 e. The van der Waals surface area contributed by atoms with Crippen LogP contribution in [0.5, 0.6) is 0 Å². The van der Waals surface area contributed by atoms with Gasteiger partial charge in [-0.25, -0.2) is 0 Å².